The Bertz CT molecular complexity index is 609. The molecule has 1 aromatic heterocycles. The molecule has 1 aromatic carbocycles. The Morgan fingerprint density at radius 3 is 2.62 bits per heavy atom. The summed E-state index contributed by atoms with van der Waals surface area (Å²) in [6.45, 7) is 1.97. The molecule has 0 aliphatic carbocycles. The maximum Gasteiger partial charge on any atom is 0.419 e. The summed E-state index contributed by atoms with van der Waals surface area (Å²) in [6.07, 6.45) is -4.48. The van der Waals surface area contributed by atoms with Crippen LogP contribution in [0.15, 0.2) is 28.8 Å². The van der Waals surface area contributed by atoms with Gasteiger partial charge in [-0.3, -0.25) is 0 Å². The molecular weight excluding hydrogens is 285 g/mol. The topological polar surface area (TPSA) is 47.3 Å². The molecule has 0 saturated heterocycles. The van der Waals surface area contributed by atoms with Gasteiger partial charge in [0, 0.05) is 12.6 Å². The standard InChI is InChI=1S/C14H15F3N2O2/c1-9-5-11(21-19-9)8-20-13-4-3-10(7-18-2)6-12(13)14(15,16)17/h3-6,18H,7-8H2,1-2H3. The minimum absolute atomic E-state index is 0.102. The number of alkyl halides is 3. The van der Waals surface area contributed by atoms with E-state index in [-0.39, 0.29) is 12.4 Å². The van der Waals surface area contributed by atoms with Gasteiger partial charge >= 0.3 is 6.18 Å². The summed E-state index contributed by atoms with van der Waals surface area (Å²) >= 11 is 0. The third-order valence-corrected chi connectivity index (χ3v) is 2.78. The number of aryl methyl sites for hydroxylation is 1. The zero-order valence-corrected chi connectivity index (χ0v) is 11.6. The van der Waals surface area contributed by atoms with Gasteiger partial charge in [-0.25, -0.2) is 0 Å². The Morgan fingerprint density at radius 1 is 1.29 bits per heavy atom. The van der Waals surface area contributed by atoms with Crippen LogP contribution in [0.5, 0.6) is 5.75 Å². The molecule has 1 heterocycles. The molecule has 0 saturated carbocycles. The zero-order chi connectivity index (χ0) is 15.5. The SMILES string of the molecule is CNCc1ccc(OCc2cc(C)no2)c(C(F)(F)F)c1. The van der Waals surface area contributed by atoms with Crippen molar-refractivity contribution in [3.05, 3.63) is 46.8 Å². The first kappa shape index (κ1) is 15.4. The van der Waals surface area contributed by atoms with Crippen molar-refractivity contribution in [1.82, 2.24) is 10.5 Å². The number of aromatic nitrogens is 1. The van der Waals surface area contributed by atoms with Crippen molar-refractivity contribution in [2.75, 3.05) is 7.05 Å². The van der Waals surface area contributed by atoms with Crippen molar-refractivity contribution in [3.63, 3.8) is 0 Å². The van der Waals surface area contributed by atoms with Gasteiger partial charge in [0.15, 0.2) is 5.76 Å². The average molecular weight is 300 g/mol. The van der Waals surface area contributed by atoms with Crippen molar-refractivity contribution in [2.24, 2.45) is 0 Å². The van der Waals surface area contributed by atoms with Crippen molar-refractivity contribution in [3.8, 4) is 5.75 Å². The molecule has 0 spiro atoms. The third kappa shape index (κ3) is 3.98. The summed E-state index contributed by atoms with van der Waals surface area (Å²) in [5.41, 5.74) is 0.383. The first-order valence-corrected chi connectivity index (χ1v) is 6.30. The molecule has 2 aromatic rings. The number of nitrogens with zero attached hydrogens (tertiary/aromatic N) is 1. The molecule has 7 heteroatoms. The van der Waals surface area contributed by atoms with Crippen LogP contribution in [0.25, 0.3) is 0 Å². The predicted molar refractivity (Wildman–Crippen MR) is 69.8 cm³/mol. The van der Waals surface area contributed by atoms with Crippen LogP contribution < -0.4 is 10.1 Å². The van der Waals surface area contributed by atoms with Gasteiger partial charge in [0.25, 0.3) is 0 Å². The van der Waals surface area contributed by atoms with E-state index in [2.05, 4.69) is 10.5 Å². The quantitative estimate of drug-likeness (QED) is 0.920. The van der Waals surface area contributed by atoms with Crippen LogP contribution >= 0.6 is 0 Å². The highest BCUT2D eigenvalue weighted by Crippen LogP contribution is 2.37. The normalized spacial score (nSPS) is 11.7. The average Bonchev–Trinajstić information content (AvgIpc) is 2.82. The van der Waals surface area contributed by atoms with Gasteiger partial charge in [0.05, 0.1) is 11.3 Å². The molecule has 114 valence electrons. The number of hydrogen-bond acceptors (Lipinski definition) is 4. The molecule has 0 atom stereocenters. The molecule has 21 heavy (non-hydrogen) atoms. The minimum atomic E-state index is -4.48. The zero-order valence-electron chi connectivity index (χ0n) is 11.6. The molecular formula is C14H15F3N2O2. The Hall–Kier alpha value is -2.02. The number of halogens is 3. The van der Waals surface area contributed by atoms with Gasteiger partial charge < -0.3 is 14.6 Å². The lowest BCUT2D eigenvalue weighted by molar-refractivity contribution is -0.139. The Morgan fingerprint density at radius 2 is 2.05 bits per heavy atom. The lowest BCUT2D eigenvalue weighted by Crippen LogP contribution is -2.11. The number of nitrogens with one attached hydrogen (secondary N) is 1. The Kier molecular flexibility index (Phi) is 4.52. The summed E-state index contributed by atoms with van der Waals surface area (Å²) in [5.74, 6) is 0.149. The molecule has 0 unspecified atom stereocenters. The molecule has 0 aliphatic heterocycles. The lowest BCUT2D eigenvalue weighted by Gasteiger charge is -2.14. The van der Waals surface area contributed by atoms with Crippen LogP contribution in [0.1, 0.15) is 22.6 Å². The van der Waals surface area contributed by atoms with Crippen LogP contribution in [0.2, 0.25) is 0 Å². The predicted octanol–water partition coefficient (Wildman–Crippen LogP) is 3.30. The second kappa shape index (κ2) is 6.17. The number of benzene rings is 1. The van der Waals surface area contributed by atoms with Crippen LogP contribution in [-0.4, -0.2) is 12.2 Å². The second-order valence-corrected chi connectivity index (χ2v) is 4.58. The van der Waals surface area contributed by atoms with Crippen molar-refractivity contribution >= 4 is 0 Å². The third-order valence-electron chi connectivity index (χ3n) is 2.78. The highest BCUT2D eigenvalue weighted by atomic mass is 19.4. The second-order valence-electron chi connectivity index (χ2n) is 4.58. The van der Waals surface area contributed by atoms with E-state index in [1.54, 1.807) is 26.1 Å². The summed E-state index contributed by atoms with van der Waals surface area (Å²) < 4.78 is 49.3. The maximum absolute atomic E-state index is 13.1. The van der Waals surface area contributed by atoms with E-state index in [0.29, 0.717) is 23.6 Å². The van der Waals surface area contributed by atoms with Crippen LogP contribution in [0, 0.1) is 6.92 Å². The molecule has 0 bridgehead atoms. The molecule has 0 aliphatic rings. The smallest absolute Gasteiger partial charge is 0.419 e. The van der Waals surface area contributed by atoms with Crippen molar-refractivity contribution in [1.29, 1.82) is 0 Å². The van der Waals surface area contributed by atoms with Crippen LogP contribution in [-0.2, 0) is 19.3 Å². The summed E-state index contributed by atoms with van der Waals surface area (Å²) in [5, 5.41) is 6.46. The minimum Gasteiger partial charge on any atom is -0.485 e. The highest BCUT2D eigenvalue weighted by Gasteiger charge is 2.34. The van der Waals surface area contributed by atoms with E-state index < -0.39 is 11.7 Å². The number of ether oxygens (including phenoxy) is 1. The first-order chi connectivity index (χ1) is 9.90. The fourth-order valence-electron chi connectivity index (χ4n) is 1.87. The fourth-order valence-corrected chi connectivity index (χ4v) is 1.87. The van der Waals surface area contributed by atoms with Gasteiger partial charge in [0.2, 0.25) is 0 Å². The first-order valence-electron chi connectivity index (χ1n) is 6.30. The van der Waals surface area contributed by atoms with Gasteiger partial charge in [-0.05, 0) is 31.7 Å². The summed E-state index contributed by atoms with van der Waals surface area (Å²) in [7, 11) is 1.67. The lowest BCUT2D eigenvalue weighted by atomic mass is 10.1. The van der Waals surface area contributed by atoms with E-state index in [1.807, 2.05) is 0 Å². The number of hydrogen-bond donors (Lipinski definition) is 1. The maximum atomic E-state index is 13.1. The van der Waals surface area contributed by atoms with E-state index >= 15 is 0 Å². The summed E-state index contributed by atoms with van der Waals surface area (Å²) in [6, 6.07) is 5.60. The van der Waals surface area contributed by atoms with Crippen LogP contribution in [0.3, 0.4) is 0 Å². The number of rotatable bonds is 5. The molecule has 0 radical (unpaired) electrons. The van der Waals surface area contributed by atoms with Gasteiger partial charge in [-0.2, -0.15) is 13.2 Å². The van der Waals surface area contributed by atoms with E-state index in [9.17, 15) is 13.2 Å². The van der Waals surface area contributed by atoms with Gasteiger partial charge in [-0.15, -0.1) is 0 Å². The highest BCUT2D eigenvalue weighted by molar-refractivity contribution is 5.39. The molecule has 0 amide bonds. The largest absolute Gasteiger partial charge is 0.485 e. The molecule has 1 N–H and O–H groups in total. The van der Waals surface area contributed by atoms with E-state index in [0.717, 1.165) is 6.07 Å². The van der Waals surface area contributed by atoms with Gasteiger partial charge in [-0.1, -0.05) is 11.2 Å². The van der Waals surface area contributed by atoms with Gasteiger partial charge in [0.1, 0.15) is 12.4 Å². The molecule has 4 nitrogen and oxygen atoms in total. The molecule has 0 fully saturated rings. The van der Waals surface area contributed by atoms with Crippen molar-refractivity contribution < 1.29 is 22.4 Å². The van der Waals surface area contributed by atoms with E-state index in [4.69, 9.17) is 9.26 Å². The Balaban J connectivity index is 2.21. The van der Waals surface area contributed by atoms with Crippen LogP contribution in [0.4, 0.5) is 13.2 Å². The monoisotopic (exact) mass is 300 g/mol. The molecule has 2 rings (SSSR count). The van der Waals surface area contributed by atoms with E-state index in [1.165, 1.54) is 6.07 Å². The Labute approximate surface area is 119 Å². The fraction of sp³-hybridized carbons (Fsp3) is 0.357. The summed E-state index contributed by atoms with van der Waals surface area (Å²) in [4.78, 5) is 0. The van der Waals surface area contributed by atoms with Crippen molar-refractivity contribution in [2.45, 2.75) is 26.3 Å².